The van der Waals surface area contributed by atoms with Crippen molar-refractivity contribution in [3.05, 3.63) is 113 Å². The molecule has 0 aromatic heterocycles. The van der Waals surface area contributed by atoms with E-state index in [2.05, 4.69) is 0 Å². The molecule has 0 N–H and O–H groups in total. The fourth-order valence-corrected chi connectivity index (χ4v) is 5.45. The van der Waals surface area contributed by atoms with E-state index >= 15 is 0 Å². The average Bonchev–Trinajstić information content (AvgIpc) is 2.89. The predicted molar refractivity (Wildman–Crippen MR) is 118 cm³/mol. The predicted octanol–water partition coefficient (Wildman–Crippen LogP) is 9.31. The Hall–Kier alpha value is -3.74. The zero-order chi connectivity index (χ0) is 28.7. The van der Waals surface area contributed by atoms with Gasteiger partial charge in [0.05, 0.1) is 22.0 Å². The highest BCUT2D eigenvalue weighted by molar-refractivity contribution is 7.97. The Labute approximate surface area is 215 Å². The fraction of sp³-hybridized carbons (Fsp3) is 0.0769. The van der Waals surface area contributed by atoms with E-state index in [1.807, 2.05) is 0 Å². The molecule has 0 saturated heterocycles. The summed E-state index contributed by atoms with van der Waals surface area (Å²) in [6.45, 7) is 0. The van der Waals surface area contributed by atoms with Gasteiger partial charge in [-0.05, 0) is 72.8 Å². The van der Waals surface area contributed by atoms with E-state index < -0.39 is 69.2 Å². The summed E-state index contributed by atoms with van der Waals surface area (Å²) >= 11 is 0. The maximum Gasteiger partial charge on any atom is 0.416 e. The number of hydrogen-bond acceptors (Lipinski definition) is 1. The molecule has 4 rings (SSSR count). The SMILES string of the molecule is Fc1c(F)c(F)c(Oc2ccc([S+](c3ccc(C(F)(F)F)cc3)c3ccc(C(F)(F)F)cc3)cc2)c(F)c1F. The molecule has 0 unspecified atom stereocenters. The Balaban J connectivity index is 1.73. The van der Waals surface area contributed by atoms with Crippen LogP contribution in [0, 0.1) is 29.1 Å². The molecule has 0 saturated carbocycles. The van der Waals surface area contributed by atoms with Crippen molar-refractivity contribution < 1.29 is 53.0 Å². The molecule has 39 heavy (non-hydrogen) atoms. The van der Waals surface area contributed by atoms with Crippen LogP contribution in [0.25, 0.3) is 0 Å². The van der Waals surface area contributed by atoms with Gasteiger partial charge in [-0.2, -0.15) is 35.1 Å². The molecule has 0 atom stereocenters. The molecule has 4 aromatic rings. The lowest BCUT2D eigenvalue weighted by Crippen LogP contribution is -2.09. The second kappa shape index (κ2) is 10.4. The Morgan fingerprint density at radius 3 is 1.08 bits per heavy atom. The number of ether oxygens (including phenoxy) is 1. The topological polar surface area (TPSA) is 9.23 Å². The Morgan fingerprint density at radius 1 is 0.436 bits per heavy atom. The maximum absolute atomic E-state index is 14.0. The van der Waals surface area contributed by atoms with Crippen LogP contribution in [0.3, 0.4) is 0 Å². The van der Waals surface area contributed by atoms with Crippen LogP contribution in [0.15, 0.2) is 87.5 Å². The first-order valence-electron chi connectivity index (χ1n) is 10.6. The van der Waals surface area contributed by atoms with E-state index in [1.165, 1.54) is 12.1 Å². The molecule has 0 amide bonds. The minimum absolute atomic E-state index is 0.288. The van der Waals surface area contributed by atoms with E-state index in [-0.39, 0.29) is 15.5 Å². The first kappa shape index (κ1) is 28.3. The summed E-state index contributed by atoms with van der Waals surface area (Å²) in [6.07, 6.45) is -9.26. The molecule has 0 heterocycles. The largest absolute Gasteiger partial charge is 0.451 e. The number of alkyl halides is 6. The van der Waals surface area contributed by atoms with Crippen molar-refractivity contribution in [3.63, 3.8) is 0 Å². The van der Waals surface area contributed by atoms with Crippen molar-refractivity contribution >= 4 is 10.9 Å². The van der Waals surface area contributed by atoms with Crippen LogP contribution in [-0.4, -0.2) is 0 Å². The van der Waals surface area contributed by atoms with Crippen molar-refractivity contribution in [2.45, 2.75) is 27.0 Å². The molecule has 0 spiro atoms. The van der Waals surface area contributed by atoms with Gasteiger partial charge in [-0.3, -0.25) is 0 Å². The van der Waals surface area contributed by atoms with E-state index in [0.29, 0.717) is 4.90 Å². The minimum atomic E-state index is -4.63. The van der Waals surface area contributed by atoms with Crippen LogP contribution in [0.1, 0.15) is 11.1 Å². The van der Waals surface area contributed by atoms with Crippen LogP contribution >= 0.6 is 0 Å². The van der Waals surface area contributed by atoms with E-state index in [9.17, 15) is 48.3 Å². The summed E-state index contributed by atoms with van der Waals surface area (Å²) in [4.78, 5) is 0.909. The number of halogens is 11. The van der Waals surface area contributed by atoms with Gasteiger partial charge in [0.25, 0.3) is 0 Å². The van der Waals surface area contributed by atoms with Gasteiger partial charge in [-0.25, -0.2) is 13.2 Å². The highest BCUT2D eigenvalue weighted by atomic mass is 32.2. The van der Waals surface area contributed by atoms with Gasteiger partial charge in [-0.1, -0.05) is 0 Å². The lowest BCUT2D eigenvalue weighted by molar-refractivity contribution is -0.138. The van der Waals surface area contributed by atoms with Crippen molar-refractivity contribution in [2.24, 2.45) is 0 Å². The molecular formula is C26H12F11OS+. The zero-order valence-corrected chi connectivity index (χ0v) is 19.7. The molecule has 0 radical (unpaired) electrons. The van der Waals surface area contributed by atoms with Crippen LogP contribution in [0.5, 0.6) is 11.5 Å². The molecule has 0 bridgehead atoms. The average molecular weight is 581 g/mol. The highest BCUT2D eigenvalue weighted by Crippen LogP contribution is 2.38. The summed E-state index contributed by atoms with van der Waals surface area (Å²) in [7, 11) is -1.27. The van der Waals surface area contributed by atoms with Crippen LogP contribution in [0.4, 0.5) is 48.3 Å². The zero-order valence-electron chi connectivity index (χ0n) is 18.9. The Kier molecular flexibility index (Phi) is 7.57. The molecule has 1 nitrogen and oxygen atoms in total. The fourth-order valence-electron chi connectivity index (χ4n) is 3.40. The summed E-state index contributed by atoms with van der Waals surface area (Å²) < 4.78 is 151. The lowest BCUT2D eigenvalue weighted by Gasteiger charge is -2.13. The summed E-state index contributed by atoms with van der Waals surface area (Å²) in [5, 5.41) is 0. The van der Waals surface area contributed by atoms with Gasteiger partial charge in [0, 0.05) is 0 Å². The third-order valence-electron chi connectivity index (χ3n) is 5.28. The van der Waals surface area contributed by atoms with Crippen LogP contribution in [-0.2, 0) is 23.2 Å². The first-order valence-corrected chi connectivity index (χ1v) is 11.8. The van der Waals surface area contributed by atoms with Crippen LogP contribution in [0.2, 0.25) is 0 Å². The third-order valence-corrected chi connectivity index (χ3v) is 7.51. The maximum atomic E-state index is 14.0. The standard InChI is InChI=1S/C26H12F11OS/c27-19-20(28)22(30)24(23(31)21(19)29)38-15-5-11-18(12-6-15)39(16-7-1-13(2-8-16)25(32,33)34)17-9-3-14(4-10-17)26(35,36)37/h1-12H/q+1. The minimum Gasteiger partial charge on any atom is -0.451 e. The first-order chi connectivity index (χ1) is 18.2. The highest BCUT2D eigenvalue weighted by Gasteiger charge is 2.35. The van der Waals surface area contributed by atoms with Crippen molar-refractivity contribution in [2.75, 3.05) is 0 Å². The molecule has 0 fully saturated rings. The molecule has 4 aromatic carbocycles. The molecular weight excluding hydrogens is 569 g/mol. The van der Waals surface area contributed by atoms with E-state index in [0.717, 1.165) is 60.7 Å². The quantitative estimate of drug-likeness (QED) is 0.0988. The number of benzene rings is 4. The number of rotatable bonds is 5. The Bertz CT molecular complexity index is 1390. The van der Waals surface area contributed by atoms with E-state index in [1.54, 1.807) is 0 Å². The summed E-state index contributed by atoms with van der Waals surface area (Å²) in [6, 6.07) is 12.6. The van der Waals surface area contributed by atoms with Crippen molar-refractivity contribution in [1.29, 1.82) is 0 Å². The second-order valence-electron chi connectivity index (χ2n) is 7.82. The summed E-state index contributed by atoms with van der Waals surface area (Å²) in [5.41, 5.74) is -1.90. The molecule has 0 aliphatic rings. The van der Waals surface area contributed by atoms with Crippen molar-refractivity contribution in [1.82, 2.24) is 0 Å². The number of hydrogen-bond donors (Lipinski definition) is 0. The van der Waals surface area contributed by atoms with Gasteiger partial charge in [0.2, 0.25) is 34.8 Å². The smallest absolute Gasteiger partial charge is 0.416 e. The van der Waals surface area contributed by atoms with Gasteiger partial charge in [0.15, 0.2) is 14.7 Å². The van der Waals surface area contributed by atoms with Gasteiger partial charge in [-0.15, -0.1) is 0 Å². The normalized spacial score (nSPS) is 12.2. The molecule has 0 aliphatic heterocycles. The second-order valence-corrected chi connectivity index (χ2v) is 9.85. The van der Waals surface area contributed by atoms with Crippen LogP contribution < -0.4 is 4.74 Å². The molecule has 204 valence electrons. The monoisotopic (exact) mass is 581 g/mol. The van der Waals surface area contributed by atoms with Gasteiger partial charge < -0.3 is 4.74 Å². The van der Waals surface area contributed by atoms with Gasteiger partial charge in [0.1, 0.15) is 5.75 Å². The van der Waals surface area contributed by atoms with Crippen molar-refractivity contribution in [3.8, 4) is 11.5 Å². The lowest BCUT2D eigenvalue weighted by atomic mass is 10.2. The van der Waals surface area contributed by atoms with E-state index in [4.69, 9.17) is 4.74 Å². The molecule has 13 heteroatoms. The molecule has 0 aliphatic carbocycles. The Morgan fingerprint density at radius 2 is 0.744 bits per heavy atom. The third kappa shape index (κ3) is 5.82. The van der Waals surface area contributed by atoms with Gasteiger partial charge >= 0.3 is 12.4 Å². The summed E-state index contributed by atoms with van der Waals surface area (Å²) in [5.74, 6) is -13.1.